The number of thiocarbonyl (C=S) groups is 2. The molecule has 0 N–H and O–H groups in total. The third-order valence-electron chi connectivity index (χ3n) is 7.67. The quantitative estimate of drug-likeness (QED) is 0.0614. The molecule has 0 amide bonds. The standard InChI is InChI=1S/C32H50O6S6Si2/c1-33-45(34-2,35-3)23-19-27-15-9-11-17-29(27)25-43-31(39)41-21-13-7-8-14-22-42-32(40)44-26-30-18-12-10-16-28(30)20-24-46(36-4,37-5)38-6/h9-12,15-18H,7-8,13-14,19-26H2,1-6H3. The first-order chi connectivity index (χ1) is 22.3. The molecule has 2 aromatic rings. The lowest BCUT2D eigenvalue weighted by Gasteiger charge is -2.24. The zero-order valence-corrected chi connectivity index (χ0v) is 34.9. The van der Waals surface area contributed by atoms with Crippen LogP contribution in [0.1, 0.15) is 47.9 Å². The summed E-state index contributed by atoms with van der Waals surface area (Å²) in [5, 5.41) is 0. The second-order valence-electron chi connectivity index (χ2n) is 10.3. The lowest BCUT2D eigenvalue weighted by Crippen LogP contribution is -2.43. The van der Waals surface area contributed by atoms with Gasteiger partial charge in [-0.1, -0.05) is 85.8 Å². The summed E-state index contributed by atoms with van der Waals surface area (Å²) in [7, 11) is 4.80. The van der Waals surface area contributed by atoms with E-state index in [4.69, 9.17) is 51.0 Å². The van der Waals surface area contributed by atoms with Crippen molar-refractivity contribution in [2.24, 2.45) is 0 Å². The highest BCUT2D eigenvalue weighted by Gasteiger charge is 2.38. The van der Waals surface area contributed by atoms with Crippen LogP contribution in [0.25, 0.3) is 0 Å². The normalized spacial score (nSPS) is 12.0. The monoisotopic (exact) mass is 778 g/mol. The Morgan fingerprint density at radius 1 is 0.500 bits per heavy atom. The zero-order chi connectivity index (χ0) is 33.7. The fraction of sp³-hybridized carbons (Fsp3) is 0.562. The number of thioether (sulfide) groups is 4. The summed E-state index contributed by atoms with van der Waals surface area (Å²) in [5.41, 5.74) is 5.21. The van der Waals surface area contributed by atoms with Crippen molar-refractivity contribution in [1.29, 1.82) is 0 Å². The Morgan fingerprint density at radius 3 is 1.15 bits per heavy atom. The van der Waals surface area contributed by atoms with Crippen LogP contribution in [0, 0.1) is 0 Å². The third-order valence-corrected chi connectivity index (χ3v) is 18.8. The third kappa shape index (κ3) is 15.4. The van der Waals surface area contributed by atoms with Gasteiger partial charge in [-0.3, -0.25) is 0 Å². The number of benzene rings is 2. The van der Waals surface area contributed by atoms with Gasteiger partial charge in [-0.25, -0.2) is 0 Å². The molecule has 0 fully saturated rings. The van der Waals surface area contributed by atoms with Crippen LogP contribution in [0.2, 0.25) is 12.1 Å². The number of unbranched alkanes of at least 4 members (excludes halogenated alkanes) is 3. The topological polar surface area (TPSA) is 55.4 Å². The molecular weight excluding hydrogens is 729 g/mol. The van der Waals surface area contributed by atoms with Crippen molar-refractivity contribution in [3.63, 3.8) is 0 Å². The summed E-state index contributed by atoms with van der Waals surface area (Å²) in [6.07, 6.45) is 6.51. The van der Waals surface area contributed by atoms with Crippen LogP contribution in [0.15, 0.2) is 48.5 Å². The molecule has 6 nitrogen and oxygen atoms in total. The molecule has 46 heavy (non-hydrogen) atoms. The highest BCUT2D eigenvalue weighted by molar-refractivity contribution is 8.47. The van der Waals surface area contributed by atoms with E-state index < -0.39 is 17.6 Å². The van der Waals surface area contributed by atoms with Crippen LogP contribution in [-0.4, -0.2) is 78.8 Å². The number of hydrogen-bond acceptors (Lipinski definition) is 12. The molecule has 0 bridgehead atoms. The Bertz CT molecular complexity index is 1060. The van der Waals surface area contributed by atoms with Crippen molar-refractivity contribution < 1.29 is 26.6 Å². The van der Waals surface area contributed by atoms with Gasteiger partial charge in [0.25, 0.3) is 0 Å². The van der Waals surface area contributed by atoms with Crippen LogP contribution in [0.5, 0.6) is 0 Å². The van der Waals surface area contributed by atoms with Gasteiger partial charge in [-0.2, -0.15) is 0 Å². The molecule has 0 radical (unpaired) electrons. The van der Waals surface area contributed by atoms with E-state index in [2.05, 4.69) is 48.5 Å². The van der Waals surface area contributed by atoms with Gasteiger partial charge in [0, 0.05) is 66.3 Å². The molecule has 0 unspecified atom stereocenters. The van der Waals surface area contributed by atoms with Crippen LogP contribution >= 0.6 is 71.5 Å². The van der Waals surface area contributed by atoms with E-state index >= 15 is 0 Å². The molecule has 14 heteroatoms. The van der Waals surface area contributed by atoms with Crippen LogP contribution in [0.4, 0.5) is 0 Å². The summed E-state index contributed by atoms with van der Waals surface area (Å²) < 4.78 is 35.6. The predicted octanol–water partition coefficient (Wildman–Crippen LogP) is 9.29. The van der Waals surface area contributed by atoms with Crippen molar-refractivity contribution in [1.82, 2.24) is 0 Å². The van der Waals surface area contributed by atoms with Gasteiger partial charge < -0.3 is 26.6 Å². The maximum absolute atomic E-state index is 5.68. The van der Waals surface area contributed by atoms with E-state index in [1.165, 1.54) is 47.9 Å². The molecule has 0 saturated carbocycles. The maximum atomic E-state index is 5.68. The predicted molar refractivity (Wildman–Crippen MR) is 215 cm³/mol. The van der Waals surface area contributed by atoms with E-state index in [1.807, 2.05) is 0 Å². The Kier molecular flexibility index (Phi) is 22.5. The first kappa shape index (κ1) is 42.4. The SMILES string of the molecule is CO[Si](CCc1ccccc1CSC(=S)SCCCCCCSC(=S)SCc1ccccc1CC[Si](OC)(OC)OC)(OC)OC. The van der Waals surface area contributed by atoms with Crippen molar-refractivity contribution in [3.8, 4) is 0 Å². The van der Waals surface area contributed by atoms with Gasteiger partial charge in [-0.15, -0.1) is 47.0 Å². The van der Waals surface area contributed by atoms with Crippen LogP contribution in [0.3, 0.4) is 0 Å². The van der Waals surface area contributed by atoms with Gasteiger partial charge >= 0.3 is 17.6 Å². The van der Waals surface area contributed by atoms with Crippen LogP contribution in [-0.2, 0) is 50.9 Å². The van der Waals surface area contributed by atoms with Gasteiger partial charge in [0.15, 0.2) is 0 Å². The summed E-state index contributed by atoms with van der Waals surface area (Å²) in [4.78, 5) is 0. The van der Waals surface area contributed by atoms with E-state index in [0.29, 0.717) is 0 Å². The van der Waals surface area contributed by atoms with Crippen molar-refractivity contribution in [2.75, 3.05) is 54.2 Å². The Hall–Kier alpha value is 0.214. The largest absolute Gasteiger partial charge is 0.500 e. The first-order valence-corrected chi connectivity index (χ1v) is 24.0. The molecule has 0 aliphatic rings. The smallest absolute Gasteiger partial charge is 0.377 e. The Balaban J connectivity index is 1.59. The molecule has 0 saturated heterocycles. The molecule has 0 aliphatic carbocycles. The van der Waals surface area contributed by atoms with Gasteiger partial charge in [0.2, 0.25) is 0 Å². The molecule has 258 valence electrons. The summed E-state index contributed by atoms with van der Waals surface area (Å²) in [6.45, 7) is 0. The Labute approximate surface area is 307 Å². The van der Waals surface area contributed by atoms with E-state index in [-0.39, 0.29) is 0 Å². The molecule has 0 heterocycles. The minimum absolute atomic E-state index is 0.748. The second kappa shape index (κ2) is 24.4. The molecule has 2 rings (SSSR count). The lowest BCUT2D eigenvalue weighted by molar-refractivity contribution is 0.123. The molecule has 0 aliphatic heterocycles. The molecule has 2 aromatic carbocycles. The average Bonchev–Trinajstić information content (AvgIpc) is 3.10. The molecular formula is C32H50O6S6Si2. The molecule has 0 aromatic heterocycles. The van der Waals surface area contributed by atoms with Crippen molar-refractivity contribution in [3.05, 3.63) is 70.8 Å². The zero-order valence-electron chi connectivity index (χ0n) is 28.0. The van der Waals surface area contributed by atoms with Gasteiger partial charge in [-0.05, 0) is 59.4 Å². The molecule has 0 spiro atoms. The number of hydrogen-bond donors (Lipinski definition) is 0. The highest BCUT2D eigenvalue weighted by Crippen LogP contribution is 2.28. The average molecular weight is 779 g/mol. The van der Waals surface area contributed by atoms with Gasteiger partial charge in [0.05, 0.1) is 0 Å². The summed E-state index contributed by atoms with van der Waals surface area (Å²) in [6, 6.07) is 18.6. The van der Waals surface area contributed by atoms with E-state index in [0.717, 1.165) is 55.0 Å². The number of aryl methyl sites for hydroxylation is 2. The minimum Gasteiger partial charge on any atom is -0.377 e. The Morgan fingerprint density at radius 2 is 0.826 bits per heavy atom. The van der Waals surface area contributed by atoms with Crippen molar-refractivity contribution in [2.45, 2.75) is 62.1 Å². The molecule has 0 atom stereocenters. The first-order valence-electron chi connectivity index (χ1n) is 15.3. The second-order valence-corrected chi connectivity index (χ2v) is 23.0. The van der Waals surface area contributed by atoms with Crippen LogP contribution < -0.4 is 0 Å². The van der Waals surface area contributed by atoms with Gasteiger partial charge in [0.1, 0.15) is 7.06 Å². The van der Waals surface area contributed by atoms with E-state index in [1.54, 1.807) is 89.7 Å². The van der Waals surface area contributed by atoms with Crippen molar-refractivity contribution >= 4 is 96.1 Å². The lowest BCUT2D eigenvalue weighted by atomic mass is 10.1. The fourth-order valence-corrected chi connectivity index (χ4v) is 12.7. The minimum atomic E-state index is -2.59. The maximum Gasteiger partial charge on any atom is 0.500 e. The van der Waals surface area contributed by atoms with E-state index in [9.17, 15) is 0 Å². The summed E-state index contributed by atoms with van der Waals surface area (Å²) in [5.74, 6) is 3.89. The fourth-order valence-electron chi connectivity index (χ4n) is 4.80. The number of rotatable bonds is 23. The highest BCUT2D eigenvalue weighted by atomic mass is 32.2. The summed E-state index contributed by atoms with van der Waals surface area (Å²) >= 11 is 18.5.